The predicted molar refractivity (Wildman–Crippen MR) is 104 cm³/mol. The molecule has 0 amide bonds. The number of anilines is 1. The molecule has 0 saturated heterocycles. The molecule has 126 valence electrons. The molecule has 24 heavy (non-hydrogen) atoms. The lowest BCUT2D eigenvalue weighted by molar-refractivity contribution is -0.0804. The number of ether oxygens (including phenoxy) is 1. The van der Waals surface area contributed by atoms with E-state index in [1.54, 1.807) is 0 Å². The van der Waals surface area contributed by atoms with Crippen LogP contribution in [0.15, 0.2) is 64.1 Å². The second-order valence-corrected chi connectivity index (χ2v) is 8.14. The molecule has 2 aromatic carbocycles. The molecule has 0 spiro atoms. The summed E-state index contributed by atoms with van der Waals surface area (Å²) in [6, 6.07) is 18.6. The van der Waals surface area contributed by atoms with Gasteiger partial charge < -0.3 is 9.64 Å². The van der Waals surface area contributed by atoms with E-state index in [1.807, 2.05) is 36.7 Å². The molecule has 0 aromatic heterocycles. The lowest BCUT2D eigenvalue weighted by Gasteiger charge is -2.39. The highest BCUT2D eigenvalue weighted by atomic mass is 79.9. The fraction of sp³-hybridized carbons (Fsp3) is 0.350. The molecule has 0 radical (unpaired) electrons. The van der Waals surface area contributed by atoms with Crippen molar-refractivity contribution in [2.24, 2.45) is 4.99 Å². The molecule has 3 rings (SSSR count). The van der Waals surface area contributed by atoms with Gasteiger partial charge in [-0.05, 0) is 57.5 Å². The SMILES string of the molecule is CC(C)(C)O[C@@H]1N(c2ccc(Br)cc2)C=N[C@]1(C)c1ccccc1. The minimum atomic E-state index is -0.457. The van der Waals surface area contributed by atoms with E-state index in [2.05, 4.69) is 72.8 Å². The first-order chi connectivity index (χ1) is 11.3. The Labute approximate surface area is 152 Å². The van der Waals surface area contributed by atoms with Gasteiger partial charge in [0.25, 0.3) is 0 Å². The van der Waals surface area contributed by atoms with E-state index in [1.165, 1.54) is 0 Å². The van der Waals surface area contributed by atoms with Crippen LogP contribution in [0.3, 0.4) is 0 Å². The van der Waals surface area contributed by atoms with Gasteiger partial charge in [-0.15, -0.1) is 0 Å². The van der Waals surface area contributed by atoms with Gasteiger partial charge in [-0.25, -0.2) is 0 Å². The van der Waals surface area contributed by atoms with Crippen LogP contribution in [-0.2, 0) is 10.3 Å². The summed E-state index contributed by atoms with van der Waals surface area (Å²) in [7, 11) is 0. The third-order valence-corrected chi connectivity index (χ3v) is 4.66. The number of aliphatic imine (C=N–C) groups is 1. The molecule has 1 aliphatic rings. The quantitative estimate of drug-likeness (QED) is 0.709. The maximum Gasteiger partial charge on any atom is 0.165 e. The van der Waals surface area contributed by atoms with Crippen LogP contribution in [0, 0.1) is 0 Å². The van der Waals surface area contributed by atoms with Crippen molar-refractivity contribution in [3.8, 4) is 0 Å². The molecule has 4 heteroatoms. The fourth-order valence-corrected chi connectivity index (χ4v) is 3.16. The first kappa shape index (κ1) is 17.2. The summed E-state index contributed by atoms with van der Waals surface area (Å²) < 4.78 is 7.51. The number of hydrogen-bond donors (Lipinski definition) is 0. The monoisotopic (exact) mass is 386 g/mol. The Bertz CT molecular complexity index is 722. The smallest absolute Gasteiger partial charge is 0.165 e. The number of benzene rings is 2. The van der Waals surface area contributed by atoms with Gasteiger partial charge in [-0.3, -0.25) is 4.99 Å². The van der Waals surface area contributed by atoms with Crippen molar-refractivity contribution in [2.75, 3.05) is 4.90 Å². The minimum absolute atomic E-state index is 0.207. The van der Waals surface area contributed by atoms with Crippen LogP contribution < -0.4 is 4.90 Å². The van der Waals surface area contributed by atoms with Crippen LogP contribution >= 0.6 is 15.9 Å². The number of hydrogen-bond acceptors (Lipinski definition) is 3. The Morgan fingerprint density at radius 1 is 1.04 bits per heavy atom. The summed E-state index contributed by atoms with van der Waals surface area (Å²) in [6.07, 6.45) is 1.69. The molecular weight excluding hydrogens is 364 g/mol. The van der Waals surface area contributed by atoms with Crippen molar-refractivity contribution in [2.45, 2.75) is 45.1 Å². The van der Waals surface area contributed by atoms with Gasteiger partial charge >= 0.3 is 0 Å². The summed E-state index contributed by atoms with van der Waals surface area (Å²) in [5.74, 6) is 0. The maximum atomic E-state index is 6.46. The molecule has 0 fully saturated rings. The zero-order valence-corrected chi connectivity index (χ0v) is 16.1. The summed E-state index contributed by atoms with van der Waals surface area (Å²) in [4.78, 5) is 6.96. The van der Waals surface area contributed by atoms with Gasteiger partial charge in [-0.1, -0.05) is 46.3 Å². The highest BCUT2D eigenvalue weighted by Gasteiger charge is 2.46. The van der Waals surface area contributed by atoms with E-state index in [0.717, 1.165) is 15.7 Å². The number of rotatable bonds is 3. The fourth-order valence-electron chi connectivity index (χ4n) is 2.89. The third-order valence-electron chi connectivity index (χ3n) is 4.13. The van der Waals surface area contributed by atoms with E-state index in [9.17, 15) is 0 Å². The molecular formula is C20H23BrN2O. The van der Waals surface area contributed by atoms with E-state index in [4.69, 9.17) is 9.73 Å². The van der Waals surface area contributed by atoms with Gasteiger partial charge in [-0.2, -0.15) is 0 Å². The molecule has 0 saturated carbocycles. The van der Waals surface area contributed by atoms with Crippen molar-refractivity contribution < 1.29 is 4.74 Å². The molecule has 2 aromatic rings. The van der Waals surface area contributed by atoms with Gasteiger partial charge in [0.05, 0.1) is 11.9 Å². The Hall–Kier alpha value is -1.65. The molecule has 0 aliphatic carbocycles. The standard InChI is InChI=1S/C20H23BrN2O/c1-19(2,3)24-18-20(4,15-8-6-5-7-9-15)22-14-23(18)17-12-10-16(21)11-13-17/h5-14,18H,1-4H3/t18-,20+/m0/s1. The highest BCUT2D eigenvalue weighted by molar-refractivity contribution is 9.10. The lowest BCUT2D eigenvalue weighted by atomic mass is 9.90. The summed E-state index contributed by atoms with van der Waals surface area (Å²) in [6.45, 7) is 8.37. The molecule has 0 bridgehead atoms. The van der Waals surface area contributed by atoms with Gasteiger partial charge in [0.1, 0.15) is 5.54 Å². The lowest BCUT2D eigenvalue weighted by Crippen LogP contribution is -2.48. The van der Waals surface area contributed by atoms with Gasteiger partial charge in [0.2, 0.25) is 0 Å². The zero-order valence-electron chi connectivity index (χ0n) is 14.5. The van der Waals surface area contributed by atoms with Gasteiger partial charge in [0.15, 0.2) is 6.23 Å². The van der Waals surface area contributed by atoms with E-state index < -0.39 is 5.54 Å². The Kier molecular flexibility index (Phi) is 4.54. The van der Waals surface area contributed by atoms with Crippen molar-refractivity contribution in [3.63, 3.8) is 0 Å². The largest absolute Gasteiger partial charge is 0.349 e. The Morgan fingerprint density at radius 3 is 2.25 bits per heavy atom. The van der Waals surface area contributed by atoms with Crippen molar-refractivity contribution in [3.05, 3.63) is 64.6 Å². The van der Waals surface area contributed by atoms with Crippen LogP contribution in [0.25, 0.3) is 0 Å². The predicted octanol–water partition coefficient (Wildman–Crippen LogP) is 5.35. The maximum absolute atomic E-state index is 6.46. The molecule has 3 nitrogen and oxygen atoms in total. The van der Waals surface area contributed by atoms with Crippen LogP contribution in [0.4, 0.5) is 5.69 Å². The molecule has 1 heterocycles. The molecule has 0 N–H and O–H groups in total. The van der Waals surface area contributed by atoms with Crippen LogP contribution in [0.1, 0.15) is 33.3 Å². The van der Waals surface area contributed by atoms with Crippen LogP contribution in [0.2, 0.25) is 0 Å². The topological polar surface area (TPSA) is 24.8 Å². The summed E-state index contributed by atoms with van der Waals surface area (Å²) in [5.41, 5.74) is 1.48. The second kappa shape index (κ2) is 6.34. The number of nitrogens with zero attached hydrogens (tertiary/aromatic N) is 2. The molecule has 1 aliphatic heterocycles. The molecule has 2 atom stereocenters. The zero-order chi connectivity index (χ0) is 17.4. The third kappa shape index (κ3) is 3.40. The minimum Gasteiger partial charge on any atom is -0.349 e. The van der Waals surface area contributed by atoms with Crippen molar-refractivity contribution >= 4 is 28.0 Å². The average molecular weight is 387 g/mol. The summed E-state index contributed by atoms with van der Waals surface area (Å²) >= 11 is 3.49. The van der Waals surface area contributed by atoms with Crippen molar-refractivity contribution in [1.82, 2.24) is 0 Å². The second-order valence-electron chi connectivity index (χ2n) is 7.22. The Balaban J connectivity index is 2.02. The molecule has 0 unspecified atom stereocenters. The van der Waals surface area contributed by atoms with Gasteiger partial charge in [0, 0.05) is 10.2 Å². The first-order valence-corrected chi connectivity index (χ1v) is 8.91. The Morgan fingerprint density at radius 2 is 1.67 bits per heavy atom. The average Bonchev–Trinajstić information content (AvgIpc) is 2.86. The van der Waals surface area contributed by atoms with Crippen molar-refractivity contribution in [1.29, 1.82) is 0 Å². The van der Waals surface area contributed by atoms with E-state index in [-0.39, 0.29) is 11.8 Å². The van der Waals surface area contributed by atoms with Crippen LogP contribution in [0.5, 0.6) is 0 Å². The number of halogens is 1. The van der Waals surface area contributed by atoms with E-state index >= 15 is 0 Å². The highest BCUT2D eigenvalue weighted by Crippen LogP contribution is 2.40. The van der Waals surface area contributed by atoms with Crippen LogP contribution in [-0.4, -0.2) is 18.2 Å². The normalized spacial score (nSPS) is 23.7. The summed E-state index contributed by atoms with van der Waals surface area (Å²) in [5, 5.41) is 0. The first-order valence-electron chi connectivity index (χ1n) is 8.12. The van der Waals surface area contributed by atoms with E-state index in [0.29, 0.717) is 0 Å².